The molecular weight excluding hydrogens is 408 g/mol. The number of piperidine rings is 2. The molecule has 1 aromatic carbocycles. The van der Waals surface area contributed by atoms with Crippen LogP contribution in [0.3, 0.4) is 0 Å². The molecule has 6 nitrogen and oxygen atoms in total. The maximum absolute atomic E-state index is 13.2. The Morgan fingerprint density at radius 1 is 1.13 bits per heavy atom. The molecule has 162 valence electrons. The first-order chi connectivity index (χ1) is 15.1. The van der Waals surface area contributed by atoms with E-state index in [0.717, 1.165) is 55.5 Å². The lowest BCUT2D eigenvalue weighted by molar-refractivity contribution is -0.137. The summed E-state index contributed by atoms with van der Waals surface area (Å²) in [5, 5.41) is 2.01. The standard InChI is InChI=1S/C24H28N4O2S/c1-16-7-5-11-27(13-16)23(30)18-10-6-12-28(14-18)24-25-20-19(17-8-3-2-4-9-17)15-31-21(20)22(29)26-24/h2-4,8-9,15-16,18H,5-7,10-14H2,1H3,(H,25,26,29)/t16-,18+/m0/s1. The van der Waals surface area contributed by atoms with Crippen LogP contribution in [0.1, 0.15) is 32.6 Å². The molecule has 0 saturated carbocycles. The van der Waals surface area contributed by atoms with Gasteiger partial charge in [-0.25, -0.2) is 4.98 Å². The van der Waals surface area contributed by atoms with Crippen molar-refractivity contribution in [2.75, 3.05) is 31.1 Å². The zero-order valence-electron chi connectivity index (χ0n) is 17.8. The van der Waals surface area contributed by atoms with Gasteiger partial charge < -0.3 is 9.80 Å². The van der Waals surface area contributed by atoms with E-state index >= 15 is 0 Å². The Labute approximate surface area is 185 Å². The first-order valence-corrected chi connectivity index (χ1v) is 12.1. The van der Waals surface area contributed by atoms with Crippen LogP contribution in [0.15, 0.2) is 40.5 Å². The second-order valence-corrected chi connectivity index (χ2v) is 9.78. The van der Waals surface area contributed by atoms with Crippen LogP contribution in [0.25, 0.3) is 21.3 Å². The van der Waals surface area contributed by atoms with Crippen molar-refractivity contribution in [1.29, 1.82) is 0 Å². The van der Waals surface area contributed by atoms with Crippen LogP contribution >= 0.6 is 11.3 Å². The number of hydrogen-bond donors (Lipinski definition) is 1. The van der Waals surface area contributed by atoms with Gasteiger partial charge in [0, 0.05) is 37.1 Å². The average molecular weight is 437 g/mol. The van der Waals surface area contributed by atoms with Crippen LogP contribution in [0.2, 0.25) is 0 Å². The molecule has 0 radical (unpaired) electrons. The van der Waals surface area contributed by atoms with Gasteiger partial charge >= 0.3 is 0 Å². The third-order valence-corrected chi connectivity index (χ3v) is 7.51. The molecule has 2 aliphatic heterocycles. The number of thiophene rings is 1. The zero-order chi connectivity index (χ0) is 21.4. The summed E-state index contributed by atoms with van der Waals surface area (Å²) in [7, 11) is 0. The molecule has 0 aliphatic carbocycles. The second kappa shape index (κ2) is 8.46. The first-order valence-electron chi connectivity index (χ1n) is 11.2. The van der Waals surface area contributed by atoms with E-state index in [1.807, 2.05) is 40.6 Å². The normalized spacial score (nSPS) is 22.1. The van der Waals surface area contributed by atoms with E-state index < -0.39 is 0 Å². The van der Waals surface area contributed by atoms with Crippen molar-refractivity contribution >= 4 is 33.4 Å². The highest BCUT2D eigenvalue weighted by atomic mass is 32.1. The highest BCUT2D eigenvalue weighted by Crippen LogP contribution is 2.32. The summed E-state index contributed by atoms with van der Waals surface area (Å²) in [6.45, 7) is 5.38. The van der Waals surface area contributed by atoms with Crippen molar-refractivity contribution in [2.45, 2.75) is 32.6 Å². The summed E-state index contributed by atoms with van der Waals surface area (Å²) in [6, 6.07) is 10.1. The fraction of sp³-hybridized carbons (Fsp3) is 0.458. The van der Waals surface area contributed by atoms with Crippen LogP contribution in [-0.4, -0.2) is 47.0 Å². The van der Waals surface area contributed by atoms with Crippen molar-refractivity contribution in [1.82, 2.24) is 14.9 Å². The number of H-pyrrole nitrogens is 1. The summed E-state index contributed by atoms with van der Waals surface area (Å²) >= 11 is 1.43. The van der Waals surface area contributed by atoms with Crippen LogP contribution < -0.4 is 10.5 Å². The smallest absolute Gasteiger partial charge is 0.270 e. The quantitative estimate of drug-likeness (QED) is 0.670. The number of nitrogens with zero attached hydrogens (tertiary/aromatic N) is 3. The van der Waals surface area contributed by atoms with Crippen LogP contribution in [0, 0.1) is 11.8 Å². The van der Waals surface area contributed by atoms with E-state index in [0.29, 0.717) is 23.1 Å². The van der Waals surface area contributed by atoms with E-state index in [-0.39, 0.29) is 17.4 Å². The maximum Gasteiger partial charge on any atom is 0.270 e. The number of likely N-dealkylation sites (tertiary alicyclic amines) is 1. The van der Waals surface area contributed by atoms with Gasteiger partial charge in [0.05, 0.1) is 11.4 Å². The van der Waals surface area contributed by atoms with E-state index in [9.17, 15) is 9.59 Å². The molecule has 2 saturated heterocycles. The topological polar surface area (TPSA) is 69.3 Å². The molecule has 2 atom stereocenters. The number of aromatic nitrogens is 2. The lowest BCUT2D eigenvalue weighted by Gasteiger charge is -2.37. The molecule has 2 aliphatic rings. The number of nitrogens with one attached hydrogen (secondary N) is 1. The van der Waals surface area contributed by atoms with Gasteiger partial charge in [0.1, 0.15) is 4.70 Å². The predicted molar refractivity (Wildman–Crippen MR) is 126 cm³/mol. The average Bonchev–Trinajstić information content (AvgIpc) is 3.24. The summed E-state index contributed by atoms with van der Waals surface area (Å²) in [5.74, 6) is 1.39. The van der Waals surface area contributed by atoms with Crippen LogP contribution in [-0.2, 0) is 4.79 Å². The summed E-state index contributed by atoms with van der Waals surface area (Å²) in [4.78, 5) is 37.9. The van der Waals surface area contributed by atoms with Crippen molar-refractivity contribution in [3.05, 3.63) is 46.1 Å². The molecule has 2 aromatic heterocycles. The number of amides is 1. The molecule has 7 heteroatoms. The Balaban J connectivity index is 1.42. The lowest BCUT2D eigenvalue weighted by atomic mass is 9.94. The van der Waals surface area contributed by atoms with Crippen molar-refractivity contribution in [3.63, 3.8) is 0 Å². The third kappa shape index (κ3) is 3.99. The minimum atomic E-state index is -0.106. The Morgan fingerprint density at radius 2 is 1.94 bits per heavy atom. The van der Waals surface area contributed by atoms with Gasteiger partial charge in [0.2, 0.25) is 11.9 Å². The highest BCUT2D eigenvalue weighted by Gasteiger charge is 2.32. The van der Waals surface area contributed by atoms with Crippen molar-refractivity contribution < 1.29 is 4.79 Å². The Kier molecular flexibility index (Phi) is 5.52. The number of benzene rings is 1. The summed E-state index contributed by atoms with van der Waals surface area (Å²) < 4.78 is 0.648. The van der Waals surface area contributed by atoms with Crippen molar-refractivity contribution in [3.8, 4) is 11.1 Å². The minimum absolute atomic E-state index is 0.0314. The molecule has 5 rings (SSSR count). The van der Waals surface area contributed by atoms with Crippen LogP contribution in [0.4, 0.5) is 5.95 Å². The molecule has 1 amide bonds. The fourth-order valence-corrected chi connectivity index (χ4v) is 5.82. The third-order valence-electron chi connectivity index (χ3n) is 6.54. The number of rotatable bonds is 3. The van der Waals surface area contributed by atoms with E-state index in [4.69, 9.17) is 4.98 Å². The molecule has 0 spiro atoms. The van der Waals surface area contributed by atoms with Gasteiger partial charge in [0.15, 0.2) is 0 Å². The molecular formula is C24H28N4O2S. The van der Waals surface area contributed by atoms with Gasteiger partial charge in [-0.1, -0.05) is 37.3 Å². The number of aromatic amines is 1. The SMILES string of the molecule is C[C@H]1CCCN(C(=O)[C@@H]2CCCN(c3nc4c(-c5ccccc5)csc4c(=O)[nH]3)C2)C1. The second-order valence-electron chi connectivity index (χ2n) is 8.90. The first kappa shape index (κ1) is 20.2. The Morgan fingerprint density at radius 3 is 2.74 bits per heavy atom. The maximum atomic E-state index is 13.2. The molecule has 3 aromatic rings. The monoisotopic (exact) mass is 436 g/mol. The molecule has 0 unspecified atom stereocenters. The number of anilines is 1. The molecule has 0 bridgehead atoms. The Hall–Kier alpha value is -2.67. The minimum Gasteiger partial charge on any atom is -0.342 e. The largest absolute Gasteiger partial charge is 0.342 e. The Bertz CT molecular complexity index is 1140. The number of carbonyl (C=O) groups excluding carboxylic acids is 1. The van der Waals surface area contributed by atoms with E-state index in [1.54, 1.807) is 0 Å². The van der Waals surface area contributed by atoms with Gasteiger partial charge in [-0.15, -0.1) is 11.3 Å². The summed E-state index contributed by atoms with van der Waals surface area (Å²) in [6.07, 6.45) is 4.13. The van der Waals surface area contributed by atoms with Gasteiger partial charge in [-0.3, -0.25) is 14.6 Å². The van der Waals surface area contributed by atoms with Gasteiger partial charge in [-0.2, -0.15) is 0 Å². The number of hydrogen-bond acceptors (Lipinski definition) is 5. The zero-order valence-corrected chi connectivity index (χ0v) is 18.7. The molecule has 31 heavy (non-hydrogen) atoms. The van der Waals surface area contributed by atoms with E-state index in [2.05, 4.69) is 16.8 Å². The van der Waals surface area contributed by atoms with Crippen molar-refractivity contribution in [2.24, 2.45) is 11.8 Å². The summed E-state index contributed by atoms with van der Waals surface area (Å²) in [5.41, 5.74) is 2.68. The van der Waals surface area contributed by atoms with Gasteiger partial charge in [0.25, 0.3) is 5.56 Å². The van der Waals surface area contributed by atoms with Gasteiger partial charge in [-0.05, 0) is 37.2 Å². The van der Waals surface area contributed by atoms with Crippen LogP contribution in [0.5, 0.6) is 0 Å². The molecule has 1 N–H and O–H groups in total. The highest BCUT2D eigenvalue weighted by molar-refractivity contribution is 7.17. The predicted octanol–water partition coefficient (Wildman–Crippen LogP) is 4.13. The fourth-order valence-electron chi connectivity index (χ4n) is 4.91. The lowest BCUT2D eigenvalue weighted by Crippen LogP contribution is -2.48. The molecule has 2 fully saturated rings. The molecule has 4 heterocycles. The van der Waals surface area contributed by atoms with E-state index in [1.165, 1.54) is 17.8 Å². The number of fused-ring (bicyclic) bond motifs is 1. The number of carbonyl (C=O) groups is 1.